The van der Waals surface area contributed by atoms with Crippen LogP contribution in [-0.4, -0.2) is 48.5 Å². The van der Waals surface area contributed by atoms with Crippen LogP contribution in [0.1, 0.15) is 111 Å². The van der Waals surface area contributed by atoms with Crippen LogP contribution in [0.2, 0.25) is 0 Å². The molecule has 0 fully saturated rings. The molecule has 0 N–H and O–H groups in total. The maximum atomic E-state index is 14.9. The Hall–Kier alpha value is -5.33. The number of ether oxygens (including phenoxy) is 6. The molecule has 0 aliphatic heterocycles. The second-order valence-corrected chi connectivity index (χ2v) is 12.2. The summed E-state index contributed by atoms with van der Waals surface area (Å²) in [6, 6.07) is 1.26. The minimum atomic E-state index is -1.56. The van der Waals surface area contributed by atoms with Crippen LogP contribution in [0.4, 0.5) is 0 Å². The van der Waals surface area contributed by atoms with Gasteiger partial charge < -0.3 is 28.4 Å². The first-order valence-corrected chi connectivity index (χ1v) is 16.4. The van der Waals surface area contributed by atoms with Crippen LogP contribution in [0.3, 0.4) is 0 Å². The minimum Gasteiger partial charge on any atom is -0.496 e. The fourth-order valence-corrected chi connectivity index (χ4v) is 5.49. The van der Waals surface area contributed by atoms with Gasteiger partial charge in [-0.25, -0.2) is 0 Å². The average molecular weight is 711 g/mol. The van der Waals surface area contributed by atoms with Gasteiger partial charge in [0.05, 0.1) is 12.5 Å². The summed E-state index contributed by atoms with van der Waals surface area (Å²) in [5.41, 5.74) is -1.47. The Kier molecular flexibility index (Phi) is 14.8. The van der Waals surface area contributed by atoms with E-state index in [1.54, 1.807) is 26.8 Å². The first kappa shape index (κ1) is 41.8. The van der Waals surface area contributed by atoms with Gasteiger partial charge in [-0.2, -0.15) is 0 Å². The van der Waals surface area contributed by atoms with Crippen LogP contribution < -0.4 is 14.2 Å². The van der Waals surface area contributed by atoms with Crippen molar-refractivity contribution in [1.29, 1.82) is 0 Å². The van der Waals surface area contributed by atoms with Gasteiger partial charge in [0, 0.05) is 64.7 Å². The van der Waals surface area contributed by atoms with E-state index in [-0.39, 0.29) is 76.1 Å². The Bertz CT molecular complexity index is 1750. The van der Waals surface area contributed by atoms with Gasteiger partial charge in [-0.15, -0.1) is 0 Å². The highest BCUT2D eigenvalue weighted by molar-refractivity contribution is 6.14. The van der Waals surface area contributed by atoms with Crippen molar-refractivity contribution in [1.82, 2.24) is 0 Å². The number of ketones is 2. The molecule has 13 heteroatoms. The van der Waals surface area contributed by atoms with Crippen molar-refractivity contribution in [2.45, 2.75) is 101 Å². The first-order valence-electron chi connectivity index (χ1n) is 16.4. The van der Waals surface area contributed by atoms with Gasteiger partial charge in [0.1, 0.15) is 39.9 Å². The monoisotopic (exact) mass is 710 g/mol. The van der Waals surface area contributed by atoms with Crippen LogP contribution in [0.15, 0.2) is 52.2 Å². The molecule has 1 aromatic rings. The molecule has 1 aromatic carbocycles. The molecule has 0 aromatic heterocycles. The maximum absolute atomic E-state index is 14.9. The molecule has 1 aliphatic carbocycles. The highest BCUT2D eigenvalue weighted by atomic mass is 16.6. The third-order valence-corrected chi connectivity index (χ3v) is 7.44. The van der Waals surface area contributed by atoms with Crippen LogP contribution in [0, 0.1) is 5.41 Å². The summed E-state index contributed by atoms with van der Waals surface area (Å²) in [5.74, 6) is -6.67. The highest BCUT2D eigenvalue weighted by Gasteiger charge is 2.50. The third kappa shape index (κ3) is 10.3. The molecule has 13 nitrogen and oxygen atoms in total. The fourth-order valence-electron chi connectivity index (χ4n) is 5.49. The molecule has 2 rings (SSSR count). The van der Waals surface area contributed by atoms with E-state index in [4.69, 9.17) is 28.4 Å². The summed E-state index contributed by atoms with van der Waals surface area (Å²) >= 11 is 0. The minimum absolute atomic E-state index is 0.00980. The van der Waals surface area contributed by atoms with Gasteiger partial charge in [-0.05, 0) is 46.1 Å². The Morgan fingerprint density at radius 2 is 1.31 bits per heavy atom. The number of allylic oxidation sites excluding steroid dienone is 5. The van der Waals surface area contributed by atoms with E-state index in [0.29, 0.717) is 6.42 Å². The summed E-state index contributed by atoms with van der Waals surface area (Å²) in [5, 5.41) is 0. The van der Waals surface area contributed by atoms with Gasteiger partial charge in [0.25, 0.3) is 0 Å². The Morgan fingerprint density at radius 3 is 1.78 bits per heavy atom. The zero-order valence-corrected chi connectivity index (χ0v) is 31.1. The van der Waals surface area contributed by atoms with Crippen LogP contribution in [-0.2, 0) is 49.4 Å². The van der Waals surface area contributed by atoms with Crippen molar-refractivity contribution in [3.63, 3.8) is 0 Å². The lowest BCUT2D eigenvalue weighted by atomic mass is 9.71. The number of hydrogen-bond donors (Lipinski definition) is 0. The zero-order chi connectivity index (χ0) is 38.8. The summed E-state index contributed by atoms with van der Waals surface area (Å²) in [7, 11) is 1.28. The maximum Gasteiger partial charge on any atom is 0.308 e. The second kappa shape index (κ2) is 18.1. The van der Waals surface area contributed by atoms with E-state index in [0.717, 1.165) is 40.2 Å². The van der Waals surface area contributed by atoms with E-state index in [1.807, 2.05) is 13.8 Å². The predicted molar refractivity (Wildman–Crippen MR) is 183 cm³/mol. The van der Waals surface area contributed by atoms with E-state index in [9.17, 15) is 33.6 Å². The lowest BCUT2D eigenvalue weighted by molar-refractivity contribution is -0.141. The number of methoxy groups -OCH3 is 1. The first-order chi connectivity index (χ1) is 23.8. The van der Waals surface area contributed by atoms with Gasteiger partial charge in [-0.3, -0.25) is 33.6 Å². The number of carbonyl (C=O) groups excluding carboxylic acids is 7. The molecule has 0 saturated carbocycles. The number of hydrogen-bond acceptors (Lipinski definition) is 13. The van der Waals surface area contributed by atoms with Gasteiger partial charge in [0.2, 0.25) is 0 Å². The van der Waals surface area contributed by atoms with Crippen LogP contribution >= 0.6 is 0 Å². The zero-order valence-electron chi connectivity index (χ0n) is 31.1. The van der Waals surface area contributed by atoms with E-state index < -0.39 is 53.2 Å². The molecule has 1 aliphatic rings. The summed E-state index contributed by atoms with van der Waals surface area (Å²) in [6.45, 7) is 14.4. The van der Waals surface area contributed by atoms with Gasteiger partial charge >= 0.3 is 29.8 Å². The highest BCUT2D eigenvalue weighted by Crippen LogP contribution is 2.51. The lowest BCUT2D eigenvalue weighted by Crippen LogP contribution is -2.37. The fraction of sp³-hybridized carbons (Fsp3) is 0.447. The van der Waals surface area contributed by atoms with Gasteiger partial charge in [0.15, 0.2) is 17.3 Å². The van der Waals surface area contributed by atoms with Crippen molar-refractivity contribution in [3.05, 3.63) is 63.3 Å². The van der Waals surface area contributed by atoms with E-state index >= 15 is 0 Å². The molecule has 1 atom stereocenters. The van der Waals surface area contributed by atoms with E-state index in [2.05, 4.69) is 0 Å². The van der Waals surface area contributed by atoms with E-state index in [1.165, 1.54) is 19.3 Å². The molecular weight excluding hydrogens is 664 g/mol. The topological polar surface area (TPSA) is 175 Å². The molecular formula is C38H46O13. The summed E-state index contributed by atoms with van der Waals surface area (Å²) < 4.78 is 33.7. The molecule has 0 heterocycles. The quantitative estimate of drug-likeness (QED) is 0.0482. The second-order valence-electron chi connectivity index (χ2n) is 12.2. The molecule has 0 radical (unpaired) electrons. The molecule has 0 amide bonds. The molecule has 0 unspecified atom stereocenters. The number of benzene rings is 1. The average Bonchev–Trinajstić information content (AvgIpc) is 3.00. The van der Waals surface area contributed by atoms with Crippen molar-refractivity contribution in [2.75, 3.05) is 7.11 Å². The number of rotatable bonds is 15. The Morgan fingerprint density at radius 1 is 0.745 bits per heavy atom. The van der Waals surface area contributed by atoms with Crippen molar-refractivity contribution >= 4 is 41.4 Å². The Labute approximate surface area is 297 Å². The Balaban J connectivity index is 3.31. The van der Waals surface area contributed by atoms with Crippen molar-refractivity contribution < 1.29 is 62.0 Å². The van der Waals surface area contributed by atoms with Crippen molar-refractivity contribution in [2.24, 2.45) is 5.41 Å². The molecule has 0 bridgehead atoms. The number of carbonyl (C=O) groups is 7. The standard InChI is InChI=1S/C38H46O13/c1-12-14-28(44)32-31(48-22(6)40)19-30(46-11)26(35(32)49-23(7)41)18-27-34(45)33(29(15-13-2)47-21(5)39)37(51-25(9)43)38(10,17-16-20(3)4)36(27)50-24(8)42/h15-16,19H,12-14,17-18H2,1-11H3/b29-15-/t38-/m0/s1. The normalized spacial score (nSPS) is 15.9. The summed E-state index contributed by atoms with van der Waals surface area (Å²) in [4.78, 5) is 90.9. The predicted octanol–water partition coefficient (Wildman–Crippen LogP) is 6.51. The molecule has 0 saturated heterocycles. The molecule has 276 valence electrons. The summed E-state index contributed by atoms with van der Waals surface area (Å²) in [6.07, 6.45) is 3.43. The van der Waals surface area contributed by atoms with Gasteiger partial charge in [-0.1, -0.05) is 25.5 Å². The third-order valence-electron chi connectivity index (χ3n) is 7.44. The lowest BCUT2D eigenvalue weighted by Gasteiger charge is -2.38. The van der Waals surface area contributed by atoms with Crippen LogP contribution in [0.5, 0.6) is 17.2 Å². The SMILES string of the molecule is CC/C=C(\OC(C)=O)C1=C(OC(C)=O)[C@@](C)(CC=C(C)C)C(OC(C)=O)=C(Cc2c(OC)cc(OC(C)=O)c(C(=O)CCC)c2OC(C)=O)C1=O. The van der Waals surface area contributed by atoms with Crippen molar-refractivity contribution in [3.8, 4) is 17.2 Å². The number of Topliss-reactive ketones (excluding diaryl/α,β-unsaturated/α-hetero) is 2. The largest absolute Gasteiger partial charge is 0.496 e. The molecule has 0 spiro atoms. The van der Waals surface area contributed by atoms with Crippen LogP contribution in [0.25, 0.3) is 0 Å². The smallest absolute Gasteiger partial charge is 0.308 e. The molecule has 51 heavy (non-hydrogen) atoms. The number of esters is 5.